The Kier molecular flexibility index (Phi) is 5.73. The van der Waals surface area contributed by atoms with E-state index in [0.29, 0.717) is 5.16 Å². The Morgan fingerprint density at radius 1 is 1.19 bits per heavy atom. The van der Waals surface area contributed by atoms with Crippen molar-refractivity contribution in [2.45, 2.75) is 30.7 Å². The number of nitrogens with zero attached hydrogens (tertiary/aromatic N) is 1. The Bertz CT molecular complexity index is 895. The predicted octanol–water partition coefficient (Wildman–Crippen LogP) is 4.57. The number of para-hydroxylation sites is 1. The molecular formula is C20H20FN3OS. The SMILES string of the molecule is Cc1[nH]c(S[C@H](C)C(=O)Nc2ccccc2F)nc1Cc1ccccc1. The highest BCUT2D eigenvalue weighted by Gasteiger charge is 2.18. The fourth-order valence-electron chi connectivity index (χ4n) is 2.50. The summed E-state index contributed by atoms with van der Waals surface area (Å²) in [5, 5.41) is 2.89. The summed E-state index contributed by atoms with van der Waals surface area (Å²) in [6.07, 6.45) is 0.736. The Morgan fingerprint density at radius 3 is 2.62 bits per heavy atom. The number of hydrogen-bond donors (Lipinski definition) is 2. The van der Waals surface area contributed by atoms with Crippen LogP contribution < -0.4 is 5.32 Å². The zero-order chi connectivity index (χ0) is 18.5. The van der Waals surface area contributed by atoms with E-state index >= 15 is 0 Å². The van der Waals surface area contributed by atoms with Crippen molar-refractivity contribution in [3.05, 3.63) is 77.4 Å². The van der Waals surface area contributed by atoms with E-state index < -0.39 is 11.1 Å². The van der Waals surface area contributed by atoms with Gasteiger partial charge in [0.15, 0.2) is 5.16 Å². The van der Waals surface area contributed by atoms with Crippen LogP contribution in [0.15, 0.2) is 59.8 Å². The average Bonchev–Trinajstić information content (AvgIpc) is 2.96. The van der Waals surface area contributed by atoms with E-state index in [9.17, 15) is 9.18 Å². The van der Waals surface area contributed by atoms with E-state index in [1.807, 2.05) is 25.1 Å². The third-order valence-electron chi connectivity index (χ3n) is 3.97. The van der Waals surface area contributed by atoms with Crippen LogP contribution in [0.4, 0.5) is 10.1 Å². The Labute approximate surface area is 156 Å². The van der Waals surface area contributed by atoms with E-state index in [1.54, 1.807) is 25.1 Å². The van der Waals surface area contributed by atoms with Gasteiger partial charge in [-0.3, -0.25) is 4.79 Å². The summed E-state index contributed by atoms with van der Waals surface area (Å²) < 4.78 is 13.7. The van der Waals surface area contributed by atoms with Crippen LogP contribution in [-0.2, 0) is 11.2 Å². The van der Waals surface area contributed by atoms with Crippen molar-refractivity contribution in [1.29, 1.82) is 0 Å². The number of imidazole rings is 1. The molecule has 0 saturated heterocycles. The number of thioether (sulfide) groups is 1. The minimum atomic E-state index is -0.447. The molecular weight excluding hydrogens is 349 g/mol. The van der Waals surface area contributed by atoms with Gasteiger partial charge in [-0.1, -0.05) is 54.2 Å². The monoisotopic (exact) mass is 369 g/mol. The zero-order valence-electron chi connectivity index (χ0n) is 14.6. The standard InChI is InChI=1S/C20H20FN3OS/c1-13-18(12-15-8-4-3-5-9-15)24-20(22-13)26-14(2)19(25)23-17-11-7-6-10-16(17)21/h3-11,14H,12H2,1-2H3,(H,22,24)(H,23,25)/t14-/m1/s1. The molecule has 3 rings (SSSR count). The van der Waals surface area contributed by atoms with Crippen LogP contribution in [0.3, 0.4) is 0 Å². The van der Waals surface area contributed by atoms with Crippen LogP contribution in [0.25, 0.3) is 0 Å². The first-order chi connectivity index (χ1) is 12.5. The van der Waals surface area contributed by atoms with Gasteiger partial charge in [-0.2, -0.15) is 0 Å². The molecule has 0 aliphatic carbocycles. The van der Waals surface area contributed by atoms with Gasteiger partial charge in [0.2, 0.25) is 5.91 Å². The Morgan fingerprint density at radius 2 is 1.88 bits per heavy atom. The molecule has 0 saturated carbocycles. The molecule has 1 amide bonds. The molecule has 3 aromatic rings. The van der Waals surface area contributed by atoms with Crippen LogP contribution in [-0.4, -0.2) is 21.1 Å². The number of halogens is 1. The summed E-state index contributed by atoms with van der Waals surface area (Å²) in [6.45, 7) is 3.75. The van der Waals surface area contributed by atoms with E-state index in [0.717, 1.165) is 17.8 Å². The highest BCUT2D eigenvalue weighted by atomic mass is 32.2. The highest BCUT2D eigenvalue weighted by Crippen LogP contribution is 2.24. The van der Waals surface area contributed by atoms with Gasteiger partial charge in [-0.05, 0) is 31.5 Å². The van der Waals surface area contributed by atoms with Gasteiger partial charge in [0.1, 0.15) is 5.82 Å². The molecule has 26 heavy (non-hydrogen) atoms. The second-order valence-corrected chi connectivity index (χ2v) is 7.33. The third kappa shape index (κ3) is 4.52. The number of aromatic nitrogens is 2. The van der Waals surface area contributed by atoms with Crippen molar-refractivity contribution >= 4 is 23.4 Å². The number of aryl methyl sites for hydroxylation is 1. The molecule has 1 aromatic heterocycles. The van der Waals surface area contributed by atoms with Gasteiger partial charge in [0.25, 0.3) is 0 Å². The van der Waals surface area contributed by atoms with E-state index in [-0.39, 0.29) is 11.6 Å². The normalized spacial score (nSPS) is 12.0. The third-order valence-corrected chi connectivity index (χ3v) is 4.95. The molecule has 2 aromatic carbocycles. The van der Waals surface area contributed by atoms with E-state index in [4.69, 9.17) is 0 Å². The topological polar surface area (TPSA) is 57.8 Å². The van der Waals surface area contributed by atoms with Crippen molar-refractivity contribution < 1.29 is 9.18 Å². The summed E-state index contributed by atoms with van der Waals surface area (Å²) in [7, 11) is 0. The quantitative estimate of drug-likeness (QED) is 0.626. The van der Waals surface area contributed by atoms with E-state index in [2.05, 4.69) is 27.4 Å². The molecule has 0 radical (unpaired) electrons. The van der Waals surface area contributed by atoms with Crippen LogP contribution in [0.2, 0.25) is 0 Å². The zero-order valence-corrected chi connectivity index (χ0v) is 15.4. The minimum Gasteiger partial charge on any atom is -0.337 e. The number of hydrogen-bond acceptors (Lipinski definition) is 3. The molecule has 1 heterocycles. The molecule has 6 heteroatoms. The first-order valence-corrected chi connectivity index (χ1v) is 9.22. The van der Waals surface area contributed by atoms with Crippen LogP contribution >= 0.6 is 11.8 Å². The number of amides is 1. The summed E-state index contributed by atoms with van der Waals surface area (Å²) in [5.74, 6) is -0.712. The van der Waals surface area contributed by atoms with Crippen molar-refractivity contribution in [1.82, 2.24) is 9.97 Å². The molecule has 0 bridgehead atoms. The second-order valence-electron chi connectivity index (χ2n) is 6.01. The molecule has 134 valence electrons. The number of benzene rings is 2. The first kappa shape index (κ1) is 18.2. The number of aromatic amines is 1. The number of carbonyl (C=O) groups excluding carboxylic acids is 1. The fraction of sp³-hybridized carbons (Fsp3) is 0.200. The molecule has 0 unspecified atom stereocenters. The molecule has 0 aliphatic heterocycles. The number of nitrogens with one attached hydrogen (secondary N) is 2. The highest BCUT2D eigenvalue weighted by molar-refractivity contribution is 8.00. The summed E-state index contributed by atoms with van der Waals surface area (Å²) in [4.78, 5) is 20.1. The summed E-state index contributed by atoms with van der Waals surface area (Å²) in [5.41, 5.74) is 3.31. The average molecular weight is 369 g/mol. The second kappa shape index (κ2) is 8.19. The Balaban J connectivity index is 1.64. The molecule has 1 atom stereocenters. The summed E-state index contributed by atoms with van der Waals surface area (Å²) >= 11 is 1.32. The fourth-order valence-corrected chi connectivity index (χ4v) is 3.38. The largest absolute Gasteiger partial charge is 0.337 e. The molecule has 2 N–H and O–H groups in total. The number of H-pyrrole nitrogens is 1. The number of rotatable bonds is 6. The first-order valence-electron chi connectivity index (χ1n) is 8.34. The van der Waals surface area contributed by atoms with Crippen molar-refractivity contribution in [2.75, 3.05) is 5.32 Å². The lowest BCUT2D eigenvalue weighted by Gasteiger charge is -2.11. The smallest absolute Gasteiger partial charge is 0.237 e. The van der Waals surface area contributed by atoms with Crippen LogP contribution in [0.5, 0.6) is 0 Å². The van der Waals surface area contributed by atoms with Crippen LogP contribution in [0, 0.1) is 12.7 Å². The van der Waals surface area contributed by atoms with Crippen LogP contribution in [0.1, 0.15) is 23.9 Å². The predicted molar refractivity (Wildman–Crippen MR) is 103 cm³/mol. The lowest BCUT2D eigenvalue weighted by Crippen LogP contribution is -2.23. The van der Waals surface area contributed by atoms with Crippen molar-refractivity contribution in [3.63, 3.8) is 0 Å². The molecule has 0 spiro atoms. The number of carbonyl (C=O) groups is 1. The van der Waals surface area contributed by atoms with Gasteiger partial charge in [0.05, 0.1) is 16.6 Å². The minimum absolute atomic E-state index is 0.186. The lowest BCUT2D eigenvalue weighted by atomic mass is 10.1. The number of anilines is 1. The van der Waals surface area contributed by atoms with E-state index in [1.165, 1.54) is 23.4 Å². The van der Waals surface area contributed by atoms with Gasteiger partial charge < -0.3 is 10.3 Å². The van der Waals surface area contributed by atoms with Gasteiger partial charge in [-0.25, -0.2) is 9.37 Å². The maximum absolute atomic E-state index is 13.7. The molecule has 0 fully saturated rings. The summed E-state index contributed by atoms with van der Waals surface area (Å²) in [6, 6.07) is 16.2. The van der Waals surface area contributed by atoms with Crippen molar-refractivity contribution in [2.24, 2.45) is 0 Å². The molecule has 4 nitrogen and oxygen atoms in total. The Hall–Kier alpha value is -2.60. The van der Waals surface area contributed by atoms with Gasteiger partial charge in [-0.15, -0.1) is 0 Å². The van der Waals surface area contributed by atoms with Gasteiger partial charge >= 0.3 is 0 Å². The van der Waals surface area contributed by atoms with Gasteiger partial charge in [0, 0.05) is 12.1 Å². The maximum Gasteiger partial charge on any atom is 0.237 e. The molecule has 0 aliphatic rings. The van der Waals surface area contributed by atoms with Crippen molar-refractivity contribution in [3.8, 4) is 0 Å². The maximum atomic E-state index is 13.7. The lowest BCUT2D eigenvalue weighted by molar-refractivity contribution is -0.115.